The van der Waals surface area contributed by atoms with Crippen LogP contribution in [-0.4, -0.2) is 38.5 Å². The number of methoxy groups -OCH3 is 3. The molecule has 0 heterocycles. The topological polar surface area (TPSA) is 77.0 Å². The number of halogens is 2. The number of hydrogen-bond acceptors (Lipinski definition) is 5. The van der Waals surface area contributed by atoms with Gasteiger partial charge in [-0.15, -0.1) is 0 Å². The molecule has 0 bridgehead atoms. The third-order valence-corrected chi connectivity index (χ3v) is 3.67. The van der Waals surface area contributed by atoms with Crippen LogP contribution in [0.15, 0.2) is 42.5 Å². The number of carbonyl (C=O) groups is 1. The molecular formula is C19H19F2NO5. The van der Waals surface area contributed by atoms with Crippen LogP contribution in [-0.2, 0) is 0 Å². The zero-order chi connectivity index (χ0) is 20.0. The molecule has 8 heteroatoms. The molecule has 0 spiro atoms. The maximum Gasteiger partial charge on any atom is 0.343 e. The molecule has 0 amide bonds. The Balaban J connectivity index is 2.33. The second-order valence-electron chi connectivity index (χ2n) is 5.36. The number of para-hydroxylation sites is 1. The quantitative estimate of drug-likeness (QED) is 0.672. The summed E-state index contributed by atoms with van der Waals surface area (Å²) in [5.74, 6) is -0.407. The van der Waals surface area contributed by atoms with Crippen molar-refractivity contribution in [3.8, 4) is 17.2 Å². The van der Waals surface area contributed by atoms with E-state index in [1.54, 1.807) is 6.07 Å². The number of carboxylic acids is 1. The maximum absolute atomic E-state index is 14.3. The molecule has 0 aliphatic carbocycles. The molecule has 0 aliphatic rings. The van der Waals surface area contributed by atoms with Gasteiger partial charge >= 0.3 is 12.0 Å². The van der Waals surface area contributed by atoms with Crippen molar-refractivity contribution in [1.29, 1.82) is 0 Å². The lowest BCUT2D eigenvalue weighted by atomic mass is 10.1. The Kier molecular flexibility index (Phi) is 6.23. The minimum atomic E-state index is -3.51. The van der Waals surface area contributed by atoms with Gasteiger partial charge in [0.05, 0.1) is 32.6 Å². The normalized spacial score (nSPS) is 11.3. The van der Waals surface area contributed by atoms with Crippen LogP contribution in [0.3, 0.4) is 0 Å². The Bertz CT molecular complexity index is 852. The Morgan fingerprint density at radius 2 is 1.70 bits per heavy atom. The monoisotopic (exact) mass is 379 g/mol. The lowest BCUT2D eigenvalue weighted by Crippen LogP contribution is -2.25. The molecule has 144 valence electrons. The third kappa shape index (κ3) is 4.66. The zero-order valence-electron chi connectivity index (χ0n) is 15.0. The van der Waals surface area contributed by atoms with Gasteiger partial charge in [-0.1, -0.05) is 12.1 Å². The van der Waals surface area contributed by atoms with Crippen molar-refractivity contribution in [3.63, 3.8) is 0 Å². The van der Waals surface area contributed by atoms with E-state index in [-0.39, 0.29) is 22.7 Å². The summed E-state index contributed by atoms with van der Waals surface area (Å²) in [7, 11) is 4.24. The largest absolute Gasteiger partial charge is 0.493 e. The summed E-state index contributed by atoms with van der Waals surface area (Å²) in [6.07, 6.45) is 1.76. The molecule has 6 nitrogen and oxygen atoms in total. The Morgan fingerprint density at radius 3 is 2.30 bits per heavy atom. The molecule has 0 unspecified atom stereocenters. The van der Waals surface area contributed by atoms with Gasteiger partial charge in [0, 0.05) is 11.6 Å². The number of anilines is 1. The van der Waals surface area contributed by atoms with E-state index < -0.39 is 12.0 Å². The number of rotatable bonds is 8. The average molecular weight is 379 g/mol. The zero-order valence-corrected chi connectivity index (χ0v) is 15.0. The van der Waals surface area contributed by atoms with Crippen LogP contribution in [0.25, 0.3) is 6.08 Å². The lowest BCUT2D eigenvalue weighted by Gasteiger charge is -2.18. The number of nitrogens with one attached hydrogen (secondary N) is 1. The van der Waals surface area contributed by atoms with Gasteiger partial charge in [0.15, 0.2) is 11.5 Å². The molecule has 2 rings (SSSR count). The van der Waals surface area contributed by atoms with Crippen LogP contribution in [0, 0.1) is 0 Å². The second-order valence-corrected chi connectivity index (χ2v) is 5.36. The predicted octanol–water partition coefficient (Wildman–Crippen LogP) is 4.13. The van der Waals surface area contributed by atoms with Crippen LogP contribution >= 0.6 is 0 Å². The second kappa shape index (κ2) is 8.39. The van der Waals surface area contributed by atoms with Crippen LogP contribution in [0.5, 0.6) is 17.2 Å². The van der Waals surface area contributed by atoms with E-state index >= 15 is 0 Å². The van der Waals surface area contributed by atoms with Crippen LogP contribution in [0.1, 0.15) is 15.9 Å². The first kappa shape index (κ1) is 20.0. The summed E-state index contributed by atoms with van der Waals surface area (Å²) in [5, 5.41) is 11.0. The third-order valence-electron chi connectivity index (χ3n) is 3.67. The van der Waals surface area contributed by atoms with Gasteiger partial charge in [0.25, 0.3) is 0 Å². The fraction of sp³-hybridized carbons (Fsp3) is 0.211. The van der Waals surface area contributed by atoms with Crippen molar-refractivity contribution in [2.45, 2.75) is 6.05 Å². The van der Waals surface area contributed by atoms with Crippen molar-refractivity contribution in [2.24, 2.45) is 0 Å². The average Bonchev–Trinajstić information content (AvgIpc) is 2.65. The standard InChI is InChI=1S/C19H19F2NO5/c1-25-15-9-8-12(16(26-2)17(15)27-3)10-11-19(20,21)22-14-7-5-4-6-13(14)18(23)24/h4-11,22H,1-3H3,(H,23,24). The fourth-order valence-corrected chi connectivity index (χ4v) is 2.45. The van der Waals surface area contributed by atoms with Gasteiger partial charge in [-0.2, -0.15) is 8.78 Å². The van der Waals surface area contributed by atoms with Crippen LogP contribution < -0.4 is 19.5 Å². The number of aromatic carboxylic acids is 1. The molecule has 0 saturated carbocycles. The fourth-order valence-electron chi connectivity index (χ4n) is 2.45. The molecule has 2 N–H and O–H groups in total. The van der Waals surface area contributed by atoms with Crippen molar-refractivity contribution in [2.75, 3.05) is 26.6 Å². The minimum Gasteiger partial charge on any atom is -0.493 e. The van der Waals surface area contributed by atoms with E-state index in [2.05, 4.69) is 0 Å². The van der Waals surface area contributed by atoms with Crippen LogP contribution in [0.4, 0.5) is 14.5 Å². The molecule has 0 aliphatic heterocycles. The molecule has 0 aromatic heterocycles. The van der Waals surface area contributed by atoms with Gasteiger partial charge in [-0.25, -0.2) is 4.79 Å². The van der Waals surface area contributed by atoms with E-state index in [0.29, 0.717) is 17.4 Å². The first-order valence-electron chi connectivity index (χ1n) is 7.79. The molecule has 0 atom stereocenters. The van der Waals surface area contributed by atoms with Gasteiger partial charge in [-0.3, -0.25) is 0 Å². The highest BCUT2D eigenvalue weighted by Crippen LogP contribution is 2.40. The first-order chi connectivity index (χ1) is 12.8. The highest BCUT2D eigenvalue weighted by molar-refractivity contribution is 5.94. The van der Waals surface area contributed by atoms with Gasteiger partial charge in [-0.05, 0) is 30.3 Å². The van der Waals surface area contributed by atoms with Crippen molar-refractivity contribution in [3.05, 3.63) is 53.6 Å². The number of hydrogen-bond donors (Lipinski definition) is 2. The van der Waals surface area contributed by atoms with E-state index in [1.165, 1.54) is 51.7 Å². The van der Waals surface area contributed by atoms with Gasteiger partial charge < -0.3 is 24.6 Å². The van der Waals surface area contributed by atoms with E-state index in [4.69, 9.17) is 19.3 Å². The van der Waals surface area contributed by atoms with Crippen molar-refractivity contribution < 1.29 is 32.9 Å². The van der Waals surface area contributed by atoms with E-state index in [9.17, 15) is 13.6 Å². The lowest BCUT2D eigenvalue weighted by molar-refractivity contribution is 0.0695. The summed E-state index contributed by atoms with van der Waals surface area (Å²) < 4.78 is 44.2. The van der Waals surface area contributed by atoms with E-state index in [0.717, 1.165) is 6.08 Å². The maximum atomic E-state index is 14.3. The molecule has 2 aromatic carbocycles. The highest BCUT2D eigenvalue weighted by Gasteiger charge is 2.27. The molecule has 27 heavy (non-hydrogen) atoms. The van der Waals surface area contributed by atoms with Gasteiger partial charge in [0.2, 0.25) is 5.75 Å². The highest BCUT2D eigenvalue weighted by atomic mass is 19.3. The first-order valence-corrected chi connectivity index (χ1v) is 7.79. The number of benzene rings is 2. The molecule has 0 saturated heterocycles. The smallest absolute Gasteiger partial charge is 0.343 e. The van der Waals surface area contributed by atoms with Crippen LogP contribution in [0.2, 0.25) is 0 Å². The van der Waals surface area contributed by atoms with E-state index in [1.807, 2.05) is 5.32 Å². The Labute approximate surface area is 155 Å². The summed E-state index contributed by atoms with van der Waals surface area (Å²) >= 11 is 0. The molecule has 2 aromatic rings. The predicted molar refractivity (Wildman–Crippen MR) is 97.1 cm³/mol. The summed E-state index contributed by atoms with van der Waals surface area (Å²) in [5.41, 5.74) is -0.114. The Hall–Kier alpha value is -3.29. The summed E-state index contributed by atoms with van der Waals surface area (Å²) in [6.45, 7) is 0. The SMILES string of the molecule is COc1ccc(C=CC(F)(F)Nc2ccccc2C(=O)O)c(OC)c1OC. The number of ether oxygens (including phenoxy) is 3. The number of alkyl halides is 2. The molecular weight excluding hydrogens is 360 g/mol. The Morgan fingerprint density at radius 1 is 1.04 bits per heavy atom. The minimum absolute atomic E-state index is 0.195. The molecule has 0 radical (unpaired) electrons. The summed E-state index contributed by atoms with van der Waals surface area (Å²) in [4.78, 5) is 11.2. The number of carboxylic acid groups (broad SMARTS) is 1. The summed E-state index contributed by atoms with van der Waals surface area (Å²) in [6, 6.07) is 5.01. The van der Waals surface area contributed by atoms with Gasteiger partial charge in [0.1, 0.15) is 0 Å². The van der Waals surface area contributed by atoms with Crippen molar-refractivity contribution in [1.82, 2.24) is 0 Å². The van der Waals surface area contributed by atoms with Crippen molar-refractivity contribution >= 4 is 17.7 Å². The molecule has 0 fully saturated rings.